The zero-order valence-corrected chi connectivity index (χ0v) is 37.8. The van der Waals surface area contributed by atoms with Crippen LogP contribution < -0.4 is 0 Å². The van der Waals surface area contributed by atoms with Crippen molar-refractivity contribution in [3.63, 3.8) is 0 Å². The van der Waals surface area contributed by atoms with Crippen LogP contribution in [0.25, 0.3) is 89.7 Å². The minimum Gasteiger partial charge on any atom is -0.324 e. The van der Waals surface area contributed by atoms with Gasteiger partial charge in [-0.25, -0.2) is 29.9 Å². The maximum absolute atomic E-state index is 6.84. The molecule has 0 unspecified atom stereocenters. The van der Waals surface area contributed by atoms with E-state index in [0.717, 1.165) is 0 Å². The maximum atomic E-state index is 6.84. The van der Waals surface area contributed by atoms with Gasteiger partial charge in [0.2, 0.25) is 0 Å². The summed E-state index contributed by atoms with van der Waals surface area (Å²) in [5.74, 6) is -0.257. The molecule has 0 aliphatic carbocycles. The van der Waals surface area contributed by atoms with Gasteiger partial charge >= 0.3 is 0 Å². The number of hydrogen-bond donors (Lipinski definition) is 2. The Balaban J connectivity index is 0.00000455. The lowest BCUT2D eigenvalue weighted by atomic mass is 10.1. The van der Waals surface area contributed by atoms with E-state index in [2.05, 4.69) is 9.97 Å². The summed E-state index contributed by atoms with van der Waals surface area (Å²) in [7, 11) is 0. The Bertz CT molecular complexity index is 2820. The quantitative estimate of drug-likeness (QED) is 0.0890. The van der Waals surface area contributed by atoms with Gasteiger partial charge in [0.05, 0.1) is 124 Å². The molecule has 0 amide bonds. The van der Waals surface area contributed by atoms with Crippen molar-refractivity contribution >= 4 is 247 Å². The molecule has 2 N–H and O–H groups in total. The Kier molecular flexibility index (Phi) is 11.6. The van der Waals surface area contributed by atoms with Crippen molar-refractivity contribution in [3.05, 3.63) is 80.4 Å². The van der Waals surface area contributed by atoms with Gasteiger partial charge in [0.15, 0.2) is 40.7 Å². The highest BCUT2D eigenvalue weighted by atomic mass is 35.5. The van der Waals surface area contributed by atoms with Crippen molar-refractivity contribution in [2.45, 2.75) is 0 Å². The van der Waals surface area contributed by atoms with Crippen LogP contribution in [0.1, 0.15) is 0 Å². The minimum absolute atomic E-state index is 0. The fraction of sp³-hybridized carbons (Fsp3) is 0. The summed E-state index contributed by atoms with van der Waals surface area (Å²) in [6, 6.07) is 0. The third kappa shape index (κ3) is 6.22. The Labute approximate surface area is 408 Å². The summed E-state index contributed by atoms with van der Waals surface area (Å²) in [4.78, 5) is 34.9. The first-order valence-electron chi connectivity index (χ1n) is 14.7. The molecule has 4 aromatic carbocycles. The number of halogens is 16. The van der Waals surface area contributed by atoms with E-state index in [-0.39, 0.29) is 187 Å². The molecule has 5 heterocycles. The minimum atomic E-state index is -0.0863. The highest BCUT2D eigenvalue weighted by Gasteiger charge is 2.33. The van der Waals surface area contributed by atoms with E-state index in [1.807, 2.05) is 0 Å². The molecule has 57 heavy (non-hydrogen) atoms. The molecule has 0 fully saturated rings. The van der Waals surface area contributed by atoms with E-state index in [1.165, 1.54) is 0 Å². The topological polar surface area (TPSA) is 109 Å². The first-order chi connectivity index (χ1) is 26.4. The summed E-state index contributed by atoms with van der Waals surface area (Å²) < 4.78 is 0. The van der Waals surface area contributed by atoms with Crippen LogP contribution in [0.3, 0.4) is 0 Å². The molecule has 7 aromatic rings. The van der Waals surface area contributed by atoms with Crippen molar-refractivity contribution in [3.8, 4) is 45.6 Å². The monoisotopic (exact) mass is 1090 g/mol. The summed E-state index contributed by atoms with van der Waals surface area (Å²) >= 11 is 107. The van der Waals surface area contributed by atoms with Crippen LogP contribution in [-0.2, 0) is 0 Å². The number of fused-ring (bicyclic) bond motifs is 20. The lowest BCUT2D eigenvalue weighted by molar-refractivity contribution is 1.19. The average Bonchev–Trinajstić information content (AvgIpc) is 3.92. The zero-order chi connectivity index (χ0) is 40.1. The average molecular weight is 1100 g/mol. The largest absolute Gasteiger partial charge is 0.324 e. The van der Waals surface area contributed by atoms with Crippen LogP contribution in [0.2, 0.25) is 80.4 Å². The van der Waals surface area contributed by atoms with Crippen molar-refractivity contribution < 1.29 is 0 Å². The smallest absolute Gasteiger partial charge is 0.187 e. The summed E-state index contributed by atoms with van der Waals surface area (Å²) in [6.45, 7) is 0. The Morgan fingerprint density at radius 1 is 0.228 bits per heavy atom. The van der Waals surface area contributed by atoms with Crippen molar-refractivity contribution in [1.82, 2.24) is 39.9 Å². The first kappa shape index (κ1) is 43.1. The number of rotatable bonds is 0. The van der Waals surface area contributed by atoms with Crippen LogP contribution in [0.4, 0.5) is 0 Å². The Morgan fingerprint density at radius 3 is 0.596 bits per heavy atom. The van der Waals surface area contributed by atoms with Gasteiger partial charge in [-0.1, -0.05) is 186 Å². The molecule has 9 rings (SSSR count). The number of H-pyrrole nitrogens is 2. The molecule has 3 aromatic heterocycles. The molecule has 8 bridgehead atoms. The lowest BCUT2D eigenvalue weighted by Crippen LogP contribution is -1.89. The molecule has 8 nitrogen and oxygen atoms in total. The SMILES string of the molecule is Clc1c(Cl)c(Cl)c2c(c1Cl)-c1nc-2nc2[nH]c(nc3nc(nc4[nH]c(n1)c1c(Cl)c(Cl)c(Cl)c(Cl)c41)-c1c(Cl)c(Cl)c(Cl)c(Cl)c1-3)c1c(Cl)c(Cl)c(Cl)c(Cl)c21.[AlH3]. The summed E-state index contributed by atoms with van der Waals surface area (Å²) in [5.41, 5.74) is 0.666. The van der Waals surface area contributed by atoms with Crippen LogP contribution in [0.5, 0.6) is 0 Å². The van der Waals surface area contributed by atoms with Gasteiger partial charge in [-0.3, -0.25) is 0 Å². The fourth-order valence-electron chi connectivity index (χ4n) is 6.24. The molecule has 288 valence electrons. The van der Waals surface area contributed by atoms with Gasteiger partial charge in [0.1, 0.15) is 22.6 Å². The van der Waals surface area contributed by atoms with Crippen LogP contribution in [0.15, 0.2) is 0 Å². The van der Waals surface area contributed by atoms with E-state index in [4.69, 9.17) is 216 Å². The molecule has 25 heteroatoms. The molecule has 0 atom stereocenters. The molecule has 0 saturated heterocycles. The molecule has 2 aliphatic rings. The summed E-state index contributed by atoms with van der Waals surface area (Å²) in [6.07, 6.45) is 0. The molecule has 0 radical (unpaired) electrons. The second-order valence-electron chi connectivity index (χ2n) is 11.6. The molecule has 2 aliphatic heterocycles. The van der Waals surface area contributed by atoms with Gasteiger partial charge in [0.25, 0.3) is 0 Å². The number of nitrogens with one attached hydrogen (secondary N) is 2. The predicted octanol–water partition coefficient (Wildman–Crippen LogP) is 16.1. The highest BCUT2D eigenvalue weighted by molar-refractivity contribution is 6.59. The van der Waals surface area contributed by atoms with Gasteiger partial charge in [0, 0.05) is 0 Å². The number of aromatic amines is 2. The zero-order valence-electron chi connectivity index (χ0n) is 25.7. The van der Waals surface area contributed by atoms with Gasteiger partial charge in [-0.15, -0.1) is 0 Å². The number of nitrogens with zero attached hydrogens (tertiary/aromatic N) is 6. The molecule has 0 saturated carbocycles. The standard InChI is InChI=1S/C32H2Cl16N8.Al.3H/c33-9-1-2(10(34)18(42)17(9)41)26-49-25(1)53-27-3-4(12(36)20(44)19(43)11(3)35)29(50-27)55-31-7-8(16(40)24(48)23(47)15(7)39)32(52-31)56-30-6-5(28(51-30)54-26)13(37)21(45)22(46)14(6)38;;;;/h(H2,49,50,51,52,53,54,55,56);;;;. The predicted molar refractivity (Wildman–Crippen MR) is 246 cm³/mol. The van der Waals surface area contributed by atoms with Crippen LogP contribution >= 0.6 is 186 Å². The lowest BCUT2D eigenvalue weighted by Gasteiger charge is -2.09. The number of aromatic nitrogens is 8. The van der Waals surface area contributed by atoms with Gasteiger partial charge < -0.3 is 9.97 Å². The normalized spacial score (nSPS) is 12.1. The van der Waals surface area contributed by atoms with E-state index in [0.29, 0.717) is 0 Å². The first-order valence-corrected chi connectivity index (χ1v) is 20.8. The van der Waals surface area contributed by atoms with Crippen LogP contribution in [-0.4, -0.2) is 57.2 Å². The van der Waals surface area contributed by atoms with E-state index >= 15 is 0 Å². The number of benzene rings is 4. The fourth-order valence-corrected chi connectivity index (χ4v) is 10.3. The van der Waals surface area contributed by atoms with E-state index < -0.39 is 0 Å². The Hall–Kier alpha value is -0.588. The van der Waals surface area contributed by atoms with E-state index in [9.17, 15) is 0 Å². The van der Waals surface area contributed by atoms with Gasteiger partial charge in [-0.05, 0) is 0 Å². The van der Waals surface area contributed by atoms with Crippen molar-refractivity contribution in [2.75, 3.05) is 0 Å². The number of hydrogen-bond acceptors (Lipinski definition) is 6. The third-order valence-electron chi connectivity index (χ3n) is 8.68. The molecule has 0 spiro atoms. The van der Waals surface area contributed by atoms with Crippen LogP contribution in [0, 0.1) is 0 Å². The van der Waals surface area contributed by atoms with E-state index in [1.54, 1.807) is 0 Å². The molecular weight excluding hydrogens is 1090 g/mol. The van der Waals surface area contributed by atoms with Crippen molar-refractivity contribution in [2.24, 2.45) is 0 Å². The van der Waals surface area contributed by atoms with Crippen molar-refractivity contribution in [1.29, 1.82) is 0 Å². The second-order valence-corrected chi connectivity index (χ2v) is 17.7. The molecular formula is C32H5AlCl16N8. The second kappa shape index (κ2) is 15.3. The maximum Gasteiger partial charge on any atom is 0.187 e. The highest BCUT2D eigenvalue weighted by Crippen LogP contribution is 2.54. The van der Waals surface area contributed by atoms with Gasteiger partial charge in [-0.2, -0.15) is 0 Å². The third-order valence-corrected chi connectivity index (χ3v) is 15.9. The Morgan fingerprint density at radius 2 is 0.404 bits per heavy atom. The summed E-state index contributed by atoms with van der Waals surface area (Å²) in [5, 5.41) is -0.398.